The first kappa shape index (κ1) is 13.4. The summed E-state index contributed by atoms with van der Waals surface area (Å²) in [7, 11) is 0. The highest BCUT2D eigenvalue weighted by atomic mass is 16.2. The number of amides is 2. The zero-order chi connectivity index (χ0) is 13.1. The van der Waals surface area contributed by atoms with E-state index in [9.17, 15) is 9.59 Å². The van der Waals surface area contributed by atoms with Crippen LogP contribution in [0.25, 0.3) is 0 Å². The summed E-state index contributed by atoms with van der Waals surface area (Å²) in [6, 6.07) is -0.480. The highest BCUT2D eigenvalue weighted by Crippen LogP contribution is 2.35. The molecule has 18 heavy (non-hydrogen) atoms. The minimum absolute atomic E-state index is 0.0468. The van der Waals surface area contributed by atoms with Crippen molar-refractivity contribution in [2.45, 2.75) is 64.5 Å². The number of piperazine rings is 1. The van der Waals surface area contributed by atoms with E-state index < -0.39 is 0 Å². The molecule has 2 rings (SSSR count). The molecule has 0 aromatic rings. The third-order valence-electron chi connectivity index (χ3n) is 4.01. The Bertz CT molecular complexity index is 326. The van der Waals surface area contributed by atoms with Crippen LogP contribution in [0.15, 0.2) is 0 Å². The fraction of sp³-hybridized carbons (Fsp3) is 0.857. The minimum Gasteiger partial charge on any atom is -0.342 e. The van der Waals surface area contributed by atoms with E-state index in [-0.39, 0.29) is 23.9 Å². The van der Waals surface area contributed by atoms with Crippen molar-refractivity contribution in [3.05, 3.63) is 0 Å². The van der Waals surface area contributed by atoms with Gasteiger partial charge in [-0.2, -0.15) is 0 Å². The van der Waals surface area contributed by atoms with Crippen LogP contribution < -0.4 is 5.32 Å². The van der Waals surface area contributed by atoms with Gasteiger partial charge in [-0.05, 0) is 31.6 Å². The van der Waals surface area contributed by atoms with Crippen LogP contribution >= 0.6 is 0 Å². The number of nitrogens with zero attached hydrogens (tertiary/aromatic N) is 1. The van der Waals surface area contributed by atoms with E-state index in [0.717, 1.165) is 38.6 Å². The lowest BCUT2D eigenvalue weighted by atomic mass is 10.0. The number of unbranched alkanes of at least 4 members (excludes halogenated alkanes) is 2. The van der Waals surface area contributed by atoms with Crippen molar-refractivity contribution in [1.29, 1.82) is 0 Å². The van der Waals surface area contributed by atoms with Crippen molar-refractivity contribution >= 4 is 11.8 Å². The highest BCUT2D eigenvalue weighted by Gasteiger charge is 2.45. The topological polar surface area (TPSA) is 49.4 Å². The van der Waals surface area contributed by atoms with Gasteiger partial charge in [0, 0.05) is 6.54 Å². The Morgan fingerprint density at radius 1 is 1.22 bits per heavy atom. The molecular weight excluding hydrogens is 228 g/mol. The van der Waals surface area contributed by atoms with Gasteiger partial charge >= 0.3 is 0 Å². The molecule has 0 bridgehead atoms. The average Bonchev–Trinajstić information content (AvgIpc) is 3.17. The van der Waals surface area contributed by atoms with Crippen LogP contribution in [-0.4, -0.2) is 35.3 Å². The monoisotopic (exact) mass is 252 g/mol. The smallest absolute Gasteiger partial charge is 0.246 e. The third-order valence-corrected chi connectivity index (χ3v) is 4.01. The summed E-state index contributed by atoms with van der Waals surface area (Å²) in [5.41, 5.74) is 0. The van der Waals surface area contributed by atoms with E-state index >= 15 is 0 Å². The van der Waals surface area contributed by atoms with Gasteiger partial charge in [-0.1, -0.05) is 26.7 Å². The molecule has 1 N–H and O–H groups in total. The molecule has 0 radical (unpaired) electrons. The van der Waals surface area contributed by atoms with Crippen molar-refractivity contribution < 1.29 is 9.59 Å². The van der Waals surface area contributed by atoms with Gasteiger partial charge in [0.2, 0.25) is 11.8 Å². The quantitative estimate of drug-likeness (QED) is 0.731. The molecule has 0 aromatic carbocycles. The predicted octanol–water partition coefficient (Wildman–Crippen LogP) is 1.69. The largest absolute Gasteiger partial charge is 0.342 e. The van der Waals surface area contributed by atoms with Crippen LogP contribution in [0.5, 0.6) is 0 Å². The van der Waals surface area contributed by atoms with Gasteiger partial charge in [-0.15, -0.1) is 0 Å². The van der Waals surface area contributed by atoms with E-state index in [4.69, 9.17) is 0 Å². The summed E-state index contributed by atoms with van der Waals surface area (Å²) in [5.74, 6) is 0.596. The zero-order valence-electron chi connectivity index (χ0n) is 11.4. The van der Waals surface area contributed by atoms with Gasteiger partial charge < -0.3 is 10.2 Å². The summed E-state index contributed by atoms with van der Waals surface area (Å²) >= 11 is 0. The van der Waals surface area contributed by atoms with Gasteiger partial charge in [0.25, 0.3) is 0 Å². The first-order valence-electron chi connectivity index (χ1n) is 7.29. The second-order valence-electron chi connectivity index (χ2n) is 5.49. The maximum Gasteiger partial charge on any atom is 0.246 e. The lowest BCUT2D eigenvalue weighted by Crippen LogP contribution is -2.63. The summed E-state index contributed by atoms with van der Waals surface area (Å²) in [4.78, 5) is 26.3. The molecule has 4 heteroatoms. The molecule has 2 aliphatic rings. The molecular formula is C14H24N2O2. The molecule has 1 saturated heterocycles. The molecule has 2 atom stereocenters. The molecule has 1 aliphatic heterocycles. The van der Waals surface area contributed by atoms with E-state index in [1.165, 1.54) is 0 Å². The van der Waals surface area contributed by atoms with Crippen LogP contribution in [-0.2, 0) is 9.59 Å². The van der Waals surface area contributed by atoms with Gasteiger partial charge in [0.05, 0.1) is 0 Å². The molecule has 2 fully saturated rings. The summed E-state index contributed by atoms with van der Waals surface area (Å²) in [6.45, 7) is 4.86. The van der Waals surface area contributed by atoms with E-state index in [1.54, 1.807) is 0 Å². The molecule has 2 amide bonds. The van der Waals surface area contributed by atoms with Crippen LogP contribution in [0.2, 0.25) is 0 Å². The number of nitrogens with one attached hydrogen (secondary N) is 1. The van der Waals surface area contributed by atoms with Crippen LogP contribution in [0.1, 0.15) is 52.4 Å². The number of carbonyl (C=O) groups is 2. The third kappa shape index (κ3) is 2.68. The van der Waals surface area contributed by atoms with Gasteiger partial charge in [-0.3, -0.25) is 9.59 Å². The zero-order valence-corrected chi connectivity index (χ0v) is 11.4. The molecule has 1 saturated carbocycles. The van der Waals surface area contributed by atoms with Crippen LogP contribution in [0, 0.1) is 5.92 Å². The molecule has 0 spiro atoms. The van der Waals surface area contributed by atoms with Crippen molar-refractivity contribution in [2.75, 3.05) is 6.54 Å². The van der Waals surface area contributed by atoms with Crippen LogP contribution in [0.4, 0.5) is 0 Å². The maximum atomic E-state index is 12.4. The Kier molecular flexibility index (Phi) is 4.25. The summed E-state index contributed by atoms with van der Waals surface area (Å²) < 4.78 is 0. The van der Waals surface area contributed by atoms with Crippen LogP contribution in [0.3, 0.4) is 0 Å². The fourth-order valence-electron chi connectivity index (χ4n) is 2.74. The molecule has 2 unspecified atom stereocenters. The first-order valence-corrected chi connectivity index (χ1v) is 7.29. The van der Waals surface area contributed by atoms with Gasteiger partial charge in [0.1, 0.15) is 12.1 Å². The summed E-state index contributed by atoms with van der Waals surface area (Å²) in [6.07, 6.45) is 6.13. The lowest BCUT2D eigenvalue weighted by Gasteiger charge is -2.39. The van der Waals surface area contributed by atoms with Gasteiger partial charge in [-0.25, -0.2) is 0 Å². The first-order chi connectivity index (χ1) is 8.69. The Morgan fingerprint density at radius 2 is 1.94 bits per heavy atom. The fourth-order valence-corrected chi connectivity index (χ4v) is 2.74. The normalized spacial score (nSPS) is 28.4. The van der Waals surface area contributed by atoms with E-state index in [2.05, 4.69) is 12.2 Å². The summed E-state index contributed by atoms with van der Waals surface area (Å²) in [5, 5.41) is 2.92. The molecule has 4 nitrogen and oxygen atoms in total. The standard InChI is InChI=1S/C14H24N2O2/c1-3-5-6-9-16-11(4-2)13(17)15-12(14(16)18)10-7-8-10/h10-12H,3-9H2,1-2H3,(H,15,17). The lowest BCUT2D eigenvalue weighted by molar-refractivity contribution is -0.150. The number of rotatable bonds is 6. The molecule has 102 valence electrons. The highest BCUT2D eigenvalue weighted by molar-refractivity contribution is 5.97. The van der Waals surface area contributed by atoms with Crippen molar-refractivity contribution in [1.82, 2.24) is 10.2 Å². The second-order valence-corrected chi connectivity index (χ2v) is 5.49. The van der Waals surface area contributed by atoms with E-state index in [1.807, 2.05) is 11.8 Å². The molecule has 1 heterocycles. The molecule has 1 aliphatic carbocycles. The number of hydrogen-bond acceptors (Lipinski definition) is 2. The average molecular weight is 252 g/mol. The van der Waals surface area contributed by atoms with Crippen molar-refractivity contribution in [3.63, 3.8) is 0 Å². The van der Waals surface area contributed by atoms with Crippen molar-refractivity contribution in [3.8, 4) is 0 Å². The van der Waals surface area contributed by atoms with E-state index in [0.29, 0.717) is 12.3 Å². The Balaban J connectivity index is 2.03. The Hall–Kier alpha value is -1.06. The number of hydrogen-bond donors (Lipinski definition) is 1. The Labute approximate surface area is 109 Å². The predicted molar refractivity (Wildman–Crippen MR) is 70.0 cm³/mol. The Morgan fingerprint density at radius 3 is 2.50 bits per heavy atom. The number of carbonyl (C=O) groups excluding carboxylic acids is 2. The minimum atomic E-state index is -0.246. The van der Waals surface area contributed by atoms with Crippen molar-refractivity contribution in [2.24, 2.45) is 5.92 Å². The maximum absolute atomic E-state index is 12.4. The van der Waals surface area contributed by atoms with Gasteiger partial charge in [0.15, 0.2) is 0 Å². The molecule has 0 aromatic heterocycles. The SMILES string of the molecule is CCCCCN1C(=O)C(C2CC2)NC(=O)C1CC. The second kappa shape index (κ2) is 5.72.